The van der Waals surface area contributed by atoms with E-state index in [9.17, 15) is 5.11 Å². The van der Waals surface area contributed by atoms with Crippen LogP contribution in [0.4, 0.5) is 0 Å². The van der Waals surface area contributed by atoms with Crippen molar-refractivity contribution in [1.29, 1.82) is 0 Å². The molecular formula is C19H21NO3. The number of furan rings is 1. The molecule has 0 aliphatic rings. The van der Waals surface area contributed by atoms with Crippen molar-refractivity contribution in [2.24, 2.45) is 0 Å². The Kier molecular flexibility index (Phi) is 4.65. The fraction of sp³-hybridized carbons (Fsp3) is 0.263. The van der Waals surface area contributed by atoms with Crippen molar-refractivity contribution in [3.63, 3.8) is 0 Å². The van der Waals surface area contributed by atoms with E-state index in [2.05, 4.69) is 30.4 Å². The minimum absolute atomic E-state index is 0.0219. The number of rotatable bonds is 6. The molecule has 0 saturated heterocycles. The lowest BCUT2D eigenvalue weighted by atomic mass is 9.98. The van der Waals surface area contributed by atoms with Gasteiger partial charge in [-0.1, -0.05) is 30.3 Å². The minimum Gasteiger partial charge on any atom is -0.496 e. The lowest BCUT2D eigenvalue weighted by Gasteiger charge is -2.22. The minimum atomic E-state index is -0.235. The summed E-state index contributed by atoms with van der Waals surface area (Å²) in [6.07, 6.45) is 1.62. The molecule has 2 aromatic carbocycles. The third-order valence-corrected chi connectivity index (χ3v) is 4.12. The average Bonchev–Trinajstić information content (AvgIpc) is 3.12. The fourth-order valence-corrected chi connectivity index (χ4v) is 2.96. The Balaban J connectivity index is 1.93. The molecule has 0 aliphatic heterocycles. The molecule has 0 aliphatic carbocycles. The Morgan fingerprint density at radius 1 is 1.09 bits per heavy atom. The predicted molar refractivity (Wildman–Crippen MR) is 90.6 cm³/mol. The summed E-state index contributed by atoms with van der Waals surface area (Å²) < 4.78 is 10.9. The van der Waals surface area contributed by atoms with Gasteiger partial charge >= 0.3 is 0 Å². The maximum absolute atomic E-state index is 9.65. The number of aliphatic hydroxyl groups excluding tert-OH is 1. The lowest BCUT2D eigenvalue weighted by molar-refractivity contribution is 0.217. The summed E-state index contributed by atoms with van der Waals surface area (Å²) in [6, 6.07) is 15.7. The Morgan fingerprint density at radius 3 is 2.52 bits per heavy atom. The number of ether oxygens (including phenoxy) is 1. The number of hydrogen-bond donors (Lipinski definition) is 2. The molecule has 2 N–H and O–H groups in total. The molecule has 23 heavy (non-hydrogen) atoms. The summed E-state index contributed by atoms with van der Waals surface area (Å²) in [6.45, 7) is 2.06. The molecule has 4 heteroatoms. The summed E-state index contributed by atoms with van der Waals surface area (Å²) in [5.41, 5.74) is 1.16. The number of methoxy groups -OCH3 is 1. The molecular weight excluding hydrogens is 290 g/mol. The molecule has 0 saturated carbocycles. The molecule has 0 radical (unpaired) electrons. The monoisotopic (exact) mass is 311 g/mol. The number of aliphatic hydroxyl groups is 1. The smallest absolute Gasteiger partial charge is 0.126 e. The molecule has 1 heterocycles. The number of hydrogen-bond acceptors (Lipinski definition) is 4. The van der Waals surface area contributed by atoms with Crippen LogP contribution in [-0.4, -0.2) is 18.8 Å². The van der Waals surface area contributed by atoms with Gasteiger partial charge < -0.3 is 14.3 Å². The second-order valence-corrected chi connectivity index (χ2v) is 5.54. The third-order valence-electron chi connectivity index (χ3n) is 4.12. The Morgan fingerprint density at radius 2 is 1.87 bits per heavy atom. The highest BCUT2D eigenvalue weighted by Gasteiger charge is 2.18. The number of benzene rings is 2. The molecule has 3 aromatic rings. The summed E-state index contributed by atoms with van der Waals surface area (Å²) in [5, 5.41) is 15.3. The first-order valence-electron chi connectivity index (χ1n) is 7.70. The van der Waals surface area contributed by atoms with E-state index in [-0.39, 0.29) is 18.7 Å². The van der Waals surface area contributed by atoms with Crippen LogP contribution in [-0.2, 0) is 0 Å². The van der Waals surface area contributed by atoms with E-state index >= 15 is 0 Å². The van der Waals surface area contributed by atoms with Crippen molar-refractivity contribution in [2.45, 2.75) is 19.0 Å². The molecule has 0 bridgehead atoms. The quantitative estimate of drug-likeness (QED) is 0.726. The molecule has 0 spiro atoms. The fourth-order valence-electron chi connectivity index (χ4n) is 2.96. The molecule has 3 rings (SSSR count). The van der Waals surface area contributed by atoms with Crippen molar-refractivity contribution >= 4 is 10.8 Å². The molecule has 4 nitrogen and oxygen atoms in total. The van der Waals surface area contributed by atoms with Crippen LogP contribution in [0.5, 0.6) is 5.75 Å². The van der Waals surface area contributed by atoms with Crippen LogP contribution in [0.2, 0.25) is 0 Å². The standard InChI is InChI=1S/C19H21NO3/c1-13(20-17(12-21)19-8-5-11-23-19)14-9-10-18(22-2)16-7-4-3-6-15(14)16/h3-11,13,17,20-21H,12H2,1-2H3. The van der Waals surface area contributed by atoms with Gasteiger partial charge in [0, 0.05) is 11.4 Å². The summed E-state index contributed by atoms with van der Waals surface area (Å²) in [4.78, 5) is 0. The van der Waals surface area contributed by atoms with Crippen LogP contribution in [0, 0.1) is 0 Å². The van der Waals surface area contributed by atoms with Crippen molar-refractivity contribution in [3.8, 4) is 5.75 Å². The maximum atomic E-state index is 9.65. The summed E-state index contributed by atoms with van der Waals surface area (Å²) >= 11 is 0. The van der Waals surface area contributed by atoms with Crippen LogP contribution in [0.15, 0.2) is 59.2 Å². The van der Waals surface area contributed by atoms with Crippen molar-refractivity contribution in [1.82, 2.24) is 5.32 Å². The third kappa shape index (κ3) is 3.09. The molecule has 2 unspecified atom stereocenters. The Bertz CT molecular complexity index is 767. The van der Waals surface area contributed by atoms with E-state index in [1.807, 2.05) is 30.3 Å². The topological polar surface area (TPSA) is 54.6 Å². The van der Waals surface area contributed by atoms with Crippen LogP contribution in [0.3, 0.4) is 0 Å². The van der Waals surface area contributed by atoms with Gasteiger partial charge in [-0.15, -0.1) is 0 Å². The van der Waals surface area contributed by atoms with E-state index in [1.54, 1.807) is 13.4 Å². The molecule has 120 valence electrons. The first-order valence-corrected chi connectivity index (χ1v) is 7.70. The normalized spacial score (nSPS) is 13.9. The van der Waals surface area contributed by atoms with Gasteiger partial charge in [-0.2, -0.15) is 0 Å². The number of fused-ring (bicyclic) bond motifs is 1. The second kappa shape index (κ2) is 6.86. The maximum Gasteiger partial charge on any atom is 0.126 e. The first kappa shape index (κ1) is 15.6. The molecule has 1 aromatic heterocycles. The average molecular weight is 311 g/mol. The first-order chi connectivity index (χ1) is 11.2. The second-order valence-electron chi connectivity index (χ2n) is 5.54. The van der Waals surface area contributed by atoms with Gasteiger partial charge in [0.05, 0.1) is 26.0 Å². The number of nitrogens with one attached hydrogen (secondary N) is 1. The van der Waals surface area contributed by atoms with Gasteiger partial charge in [0.15, 0.2) is 0 Å². The van der Waals surface area contributed by atoms with E-state index in [0.29, 0.717) is 0 Å². The largest absolute Gasteiger partial charge is 0.496 e. The van der Waals surface area contributed by atoms with Crippen molar-refractivity contribution < 1.29 is 14.3 Å². The van der Waals surface area contributed by atoms with Gasteiger partial charge in [0.1, 0.15) is 11.5 Å². The lowest BCUT2D eigenvalue weighted by Crippen LogP contribution is -2.27. The van der Waals surface area contributed by atoms with Crippen LogP contribution >= 0.6 is 0 Å². The Labute approximate surface area is 135 Å². The predicted octanol–water partition coefficient (Wildman–Crippen LogP) is 3.83. The highest BCUT2D eigenvalue weighted by Crippen LogP contribution is 2.32. The van der Waals surface area contributed by atoms with E-state index in [0.717, 1.165) is 27.8 Å². The van der Waals surface area contributed by atoms with E-state index in [1.165, 1.54) is 0 Å². The highest BCUT2D eigenvalue weighted by molar-refractivity contribution is 5.91. The Hall–Kier alpha value is -2.30. The zero-order valence-electron chi connectivity index (χ0n) is 13.3. The summed E-state index contributed by atoms with van der Waals surface area (Å²) in [5.74, 6) is 1.60. The van der Waals surface area contributed by atoms with Gasteiger partial charge in [0.25, 0.3) is 0 Å². The zero-order valence-corrected chi connectivity index (χ0v) is 13.3. The van der Waals surface area contributed by atoms with Crippen LogP contribution in [0.25, 0.3) is 10.8 Å². The van der Waals surface area contributed by atoms with Gasteiger partial charge in [-0.05, 0) is 36.1 Å². The molecule has 2 atom stereocenters. The SMILES string of the molecule is COc1ccc(C(C)NC(CO)c2ccco2)c2ccccc12. The molecule has 0 amide bonds. The van der Waals surface area contributed by atoms with Crippen LogP contribution in [0.1, 0.15) is 30.3 Å². The van der Waals surface area contributed by atoms with E-state index in [4.69, 9.17) is 9.15 Å². The van der Waals surface area contributed by atoms with Gasteiger partial charge in [-0.25, -0.2) is 0 Å². The van der Waals surface area contributed by atoms with Gasteiger partial charge in [-0.3, -0.25) is 5.32 Å². The van der Waals surface area contributed by atoms with Crippen molar-refractivity contribution in [3.05, 3.63) is 66.1 Å². The van der Waals surface area contributed by atoms with E-state index < -0.39 is 0 Å². The zero-order chi connectivity index (χ0) is 16.2. The van der Waals surface area contributed by atoms with Gasteiger partial charge in [0.2, 0.25) is 0 Å². The highest BCUT2D eigenvalue weighted by atomic mass is 16.5. The van der Waals surface area contributed by atoms with Crippen LogP contribution < -0.4 is 10.1 Å². The summed E-state index contributed by atoms with van der Waals surface area (Å²) in [7, 11) is 1.68. The van der Waals surface area contributed by atoms with Crippen molar-refractivity contribution in [2.75, 3.05) is 13.7 Å². The molecule has 0 fully saturated rings.